The fourth-order valence-corrected chi connectivity index (χ4v) is 5.04. The molecule has 0 aromatic carbocycles. The van der Waals surface area contributed by atoms with Gasteiger partial charge in [-0.3, -0.25) is 4.52 Å². The predicted molar refractivity (Wildman–Crippen MR) is 72.9 cm³/mol. The zero-order chi connectivity index (χ0) is 18.2. The van der Waals surface area contributed by atoms with Crippen molar-refractivity contribution >= 4 is 31.3 Å². The minimum atomic E-state index is -5.62. The molecule has 0 saturated carbocycles. The third kappa shape index (κ3) is 6.64. The number of aliphatic hydroxyl groups is 2. The summed E-state index contributed by atoms with van der Waals surface area (Å²) >= 11 is 0. The van der Waals surface area contributed by atoms with Crippen molar-refractivity contribution in [2.45, 2.75) is 37.2 Å². The lowest BCUT2D eigenvalue weighted by Crippen LogP contribution is -2.43. The Morgan fingerprint density at radius 2 is 1.52 bits per heavy atom. The SMILES string of the molecule is [B][C@@H]1N[C@H](C(C)OP(=O)(O)OP(=O)(O)OP(=O)(O)O)[C@@H](O)[C@H]1O. The first-order valence-corrected chi connectivity index (χ1v) is 10.4. The van der Waals surface area contributed by atoms with Crippen LogP contribution in [0.15, 0.2) is 0 Å². The third-order valence-electron chi connectivity index (χ3n) is 2.69. The van der Waals surface area contributed by atoms with Crippen LogP contribution in [0.3, 0.4) is 0 Å². The van der Waals surface area contributed by atoms with Crippen LogP contribution in [-0.4, -0.2) is 67.9 Å². The lowest BCUT2D eigenvalue weighted by atomic mass is 9.91. The summed E-state index contributed by atoms with van der Waals surface area (Å²) in [6.07, 6.45) is -4.24. The Labute approximate surface area is 131 Å². The van der Waals surface area contributed by atoms with Gasteiger partial charge in [0.1, 0.15) is 0 Å². The highest BCUT2D eigenvalue weighted by Gasteiger charge is 2.46. The molecule has 7 N–H and O–H groups in total. The molecule has 1 aliphatic heterocycles. The maximum absolute atomic E-state index is 11.6. The zero-order valence-electron chi connectivity index (χ0n) is 11.4. The Morgan fingerprint density at radius 1 is 1.00 bits per heavy atom. The molecular weight excluding hydrogens is 382 g/mol. The second-order valence-electron chi connectivity index (χ2n) is 4.60. The van der Waals surface area contributed by atoms with Gasteiger partial charge in [0.15, 0.2) is 0 Å². The average Bonchev–Trinajstić information content (AvgIpc) is 2.51. The van der Waals surface area contributed by atoms with Crippen molar-refractivity contribution in [3.8, 4) is 0 Å². The van der Waals surface area contributed by atoms with Gasteiger partial charge in [0.25, 0.3) is 0 Å². The van der Waals surface area contributed by atoms with Crippen LogP contribution in [0.5, 0.6) is 0 Å². The summed E-state index contributed by atoms with van der Waals surface area (Å²) in [5.41, 5.74) is 0. The van der Waals surface area contributed by atoms with Crippen LogP contribution >= 0.6 is 23.5 Å². The van der Waals surface area contributed by atoms with Crippen molar-refractivity contribution in [2.75, 3.05) is 0 Å². The van der Waals surface area contributed by atoms with Gasteiger partial charge in [0, 0.05) is 0 Å². The molecule has 23 heavy (non-hydrogen) atoms. The van der Waals surface area contributed by atoms with Crippen molar-refractivity contribution in [1.82, 2.24) is 5.32 Å². The summed E-state index contributed by atoms with van der Waals surface area (Å²) < 4.78 is 44.8. The first kappa shape index (κ1) is 21.4. The number of phosphoric ester groups is 1. The predicted octanol–water partition coefficient (Wildman–Crippen LogP) is -2.09. The number of hydrogen-bond donors (Lipinski definition) is 7. The smallest absolute Gasteiger partial charge is 0.390 e. The minimum Gasteiger partial charge on any atom is -0.390 e. The van der Waals surface area contributed by atoms with E-state index in [0.717, 1.165) is 6.92 Å². The van der Waals surface area contributed by atoms with Crippen LogP contribution in [0.4, 0.5) is 0 Å². The van der Waals surface area contributed by atoms with E-state index in [4.69, 9.17) is 22.5 Å². The van der Waals surface area contributed by atoms with Gasteiger partial charge in [-0.1, -0.05) is 0 Å². The molecule has 0 aromatic heterocycles. The Balaban J connectivity index is 2.73. The van der Waals surface area contributed by atoms with Gasteiger partial charge in [-0.2, -0.15) is 8.62 Å². The number of rotatable bonds is 7. The van der Waals surface area contributed by atoms with E-state index in [1.165, 1.54) is 0 Å². The Bertz CT molecular complexity index is 567. The lowest BCUT2D eigenvalue weighted by molar-refractivity contribution is 0.00896. The average molecular weight is 397 g/mol. The molecule has 2 radical (unpaired) electrons. The van der Waals surface area contributed by atoms with E-state index in [1.54, 1.807) is 0 Å². The molecule has 1 fully saturated rings. The highest BCUT2D eigenvalue weighted by molar-refractivity contribution is 7.66. The Kier molecular flexibility index (Phi) is 6.80. The van der Waals surface area contributed by atoms with Gasteiger partial charge in [0.05, 0.1) is 32.2 Å². The van der Waals surface area contributed by atoms with Crippen LogP contribution in [-0.2, 0) is 26.8 Å². The summed E-state index contributed by atoms with van der Waals surface area (Å²) in [5, 5.41) is 21.6. The molecule has 0 aliphatic carbocycles. The van der Waals surface area contributed by atoms with E-state index in [9.17, 15) is 28.8 Å². The first-order chi connectivity index (χ1) is 10.1. The summed E-state index contributed by atoms with van der Waals surface area (Å²) in [4.78, 5) is 35.1. The molecule has 0 bridgehead atoms. The van der Waals surface area contributed by atoms with E-state index >= 15 is 0 Å². The fraction of sp³-hybridized carbons (Fsp3) is 1.00. The minimum absolute atomic E-state index is 1.05. The van der Waals surface area contributed by atoms with Crippen molar-refractivity contribution in [1.29, 1.82) is 0 Å². The quantitative estimate of drug-likeness (QED) is 0.182. The molecule has 1 rings (SSSR count). The van der Waals surface area contributed by atoms with Gasteiger partial charge in [-0.05, 0) is 12.9 Å². The molecular formula is C6H15BNO12P3. The zero-order valence-corrected chi connectivity index (χ0v) is 14.1. The van der Waals surface area contributed by atoms with Crippen molar-refractivity contribution in [2.24, 2.45) is 0 Å². The number of nitrogens with one attached hydrogen (secondary N) is 1. The number of hydrogen-bond acceptors (Lipinski definition) is 9. The molecule has 3 unspecified atom stereocenters. The van der Waals surface area contributed by atoms with Gasteiger partial charge in [-0.15, -0.1) is 0 Å². The van der Waals surface area contributed by atoms with Gasteiger partial charge < -0.3 is 35.1 Å². The number of aliphatic hydroxyl groups excluding tert-OH is 2. The van der Waals surface area contributed by atoms with E-state index in [0.29, 0.717) is 0 Å². The molecule has 7 atom stereocenters. The second kappa shape index (κ2) is 7.31. The summed E-state index contributed by atoms with van der Waals surface area (Å²) in [6, 6.07) is -1.13. The molecule has 1 heterocycles. The number of phosphoric acid groups is 3. The molecule has 0 aromatic rings. The topological polar surface area (TPSA) is 212 Å². The molecule has 0 spiro atoms. The largest absolute Gasteiger partial charge is 0.490 e. The normalized spacial score (nSPS) is 35.4. The van der Waals surface area contributed by atoms with Gasteiger partial charge in [-0.25, -0.2) is 13.7 Å². The van der Waals surface area contributed by atoms with Crippen molar-refractivity contribution in [3.05, 3.63) is 0 Å². The van der Waals surface area contributed by atoms with Crippen LogP contribution in [0.1, 0.15) is 6.92 Å². The molecule has 0 amide bonds. The summed E-state index contributed by atoms with van der Waals surface area (Å²) in [6.45, 7) is 1.14. The molecule has 13 nitrogen and oxygen atoms in total. The highest BCUT2D eigenvalue weighted by atomic mass is 31.3. The van der Waals surface area contributed by atoms with Crippen LogP contribution in [0.2, 0.25) is 0 Å². The molecule has 1 aliphatic rings. The maximum Gasteiger partial charge on any atom is 0.490 e. The maximum atomic E-state index is 11.6. The third-order valence-corrected chi connectivity index (χ3v) is 6.62. The van der Waals surface area contributed by atoms with Crippen molar-refractivity contribution < 1.29 is 56.6 Å². The van der Waals surface area contributed by atoms with Crippen molar-refractivity contribution in [3.63, 3.8) is 0 Å². The highest BCUT2D eigenvalue weighted by Crippen LogP contribution is 2.66. The molecule has 134 valence electrons. The molecule has 17 heteroatoms. The van der Waals surface area contributed by atoms with E-state index < -0.39 is 53.8 Å². The summed E-state index contributed by atoms with van der Waals surface area (Å²) in [7, 11) is -11.0. The second-order valence-corrected chi connectivity index (χ2v) is 8.97. The van der Waals surface area contributed by atoms with Gasteiger partial charge >= 0.3 is 23.5 Å². The Morgan fingerprint density at radius 3 is 1.91 bits per heavy atom. The van der Waals surface area contributed by atoms with E-state index in [-0.39, 0.29) is 0 Å². The molecule has 1 saturated heterocycles. The van der Waals surface area contributed by atoms with Crippen LogP contribution in [0, 0.1) is 0 Å². The van der Waals surface area contributed by atoms with E-state index in [2.05, 4.69) is 18.5 Å². The van der Waals surface area contributed by atoms with Crippen LogP contribution < -0.4 is 5.32 Å². The van der Waals surface area contributed by atoms with E-state index in [1.807, 2.05) is 0 Å². The fourth-order valence-electron chi connectivity index (χ4n) is 1.83. The summed E-state index contributed by atoms with van der Waals surface area (Å²) in [5.74, 6) is -1.05. The van der Waals surface area contributed by atoms with Gasteiger partial charge in [0.2, 0.25) is 0 Å². The first-order valence-electron chi connectivity index (χ1n) is 5.83. The monoisotopic (exact) mass is 397 g/mol. The lowest BCUT2D eigenvalue weighted by Gasteiger charge is -2.25. The standard InChI is InChI=1S/C6H15BNO12P3/c1-2(3-4(9)5(10)6(7)8-3)18-22(14,15)20-23(16,17)19-21(11,12)13/h2-6,8-10H,1H3,(H,14,15)(H,16,17)(H2,11,12,13)/t2?,3-,4-,5-,6-/m1/s1. The Hall–Kier alpha value is 0.355. The van der Waals surface area contributed by atoms with Crippen LogP contribution in [0.25, 0.3) is 0 Å².